The lowest BCUT2D eigenvalue weighted by Gasteiger charge is -2.13. The number of furan rings is 1. The minimum atomic E-state index is -0.161. The standard InChI is InChI=1S/C10H16O3/c1-10(2,3)9-4-7(5-11)8(6-12)13-9/h4,11-12H,5-6H2,1-3H3. The Bertz CT molecular complexity index is 259. The zero-order chi connectivity index (χ0) is 10.1. The molecule has 1 aromatic heterocycles. The molecule has 0 aliphatic rings. The third kappa shape index (κ3) is 2.11. The summed E-state index contributed by atoms with van der Waals surface area (Å²) in [5.41, 5.74) is 0.588. The maximum absolute atomic E-state index is 8.96. The largest absolute Gasteiger partial charge is 0.463 e. The summed E-state index contributed by atoms with van der Waals surface area (Å²) in [7, 11) is 0. The lowest BCUT2D eigenvalue weighted by atomic mass is 9.93. The van der Waals surface area contributed by atoms with Crippen molar-refractivity contribution in [2.75, 3.05) is 0 Å². The molecule has 0 saturated heterocycles. The summed E-state index contributed by atoms with van der Waals surface area (Å²) >= 11 is 0. The third-order valence-electron chi connectivity index (χ3n) is 1.95. The van der Waals surface area contributed by atoms with Crippen LogP contribution in [0, 0.1) is 0 Å². The molecule has 0 bridgehead atoms. The summed E-state index contributed by atoms with van der Waals surface area (Å²) in [5, 5.41) is 17.9. The first-order valence-corrected chi connectivity index (χ1v) is 4.33. The quantitative estimate of drug-likeness (QED) is 0.733. The van der Waals surface area contributed by atoms with Gasteiger partial charge in [-0.25, -0.2) is 0 Å². The van der Waals surface area contributed by atoms with Crippen molar-refractivity contribution in [1.29, 1.82) is 0 Å². The Balaban J connectivity index is 3.07. The normalized spacial score (nSPS) is 12.1. The van der Waals surface area contributed by atoms with Gasteiger partial charge in [-0.15, -0.1) is 0 Å². The highest BCUT2D eigenvalue weighted by Gasteiger charge is 2.20. The molecule has 1 rings (SSSR count). The van der Waals surface area contributed by atoms with Gasteiger partial charge in [0.1, 0.15) is 18.1 Å². The Morgan fingerprint density at radius 3 is 2.15 bits per heavy atom. The lowest BCUT2D eigenvalue weighted by molar-refractivity contribution is 0.226. The van der Waals surface area contributed by atoms with Crippen LogP contribution in [0.15, 0.2) is 10.5 Å². The van der Waals surface area contributed by atoms with Crippen LogP contribution < -0.4 is 0 Å². The molecule has 0 aromatic carbocycles. The summed E-state index contributed by atoms with van der Waals surface area (Å²) in [6.07, 6.45) is 0. The maximum Gasteiger partial charge on any atom is 0.135 e. The maximum atomic E-state index is 8.96. The van der Waals surface area contributed by atoms with Crippen LogP contribution in [0.1, 0.15) is 37.9 Å². The second-order valence-corrected chi connectivity index (χ2v) is 4.13. The summed E-state index contributed by atoms with van der Waals surface area (Å²) in [5.74, 6) is 1.26. The molecule has 0 spiro atoms. The molecule has 0 fully saturated rings. The molecule has 0 saturated carbocycles. The summed E-state index contributed by atoms with van der Waals surface area (Å²) in [6, 6.07) is 1.80. The van der Waals surface area contributed by atoms with Crippen molar-refractivity contribution in [2.24, 2.45) is 0 Å². The fraction of sp³-hybridized carbons (Fsp3) is 0.600. The van der Waals surface area contributed by atoms with Crippen LogP contribution in [-0.4, -0.2) is 10.2 Å². The van der Waals surface area contributed by atoms with Gasteiger partial charge in [0, 0.05) is 11.0 Å². The van der Waals surface area contributed by atoms with E-state index in [1.54, 1.807) is 6.07 Å². The van der Waals surface area contributed by atoms with Crippen molar-refractivity contribution in [3.63, 3.8) is 0 Å². The van der Waals surface area contributed by atoms with Crippen LogP contribution >= 0.6 is 0 Å². The SMILES string of the molecule is CC(C)(C)c1cc(CO)c(CO)o1. The van der Waals surface area contributed by atoms with Gasteiger partial charge in [-0.3, -0.25) is 0 Å². The summed E-state index contributed by atoms with van der Waals surface area (Å²) in [6.45, 7) is 5.82. The van der Waals surface area contributed by atoms with Gasteiger partial charge < -0.3 is 14.6 Å². The van der Waals surface area contributed by atoms with Crippen LogP contribution in [0.4, 0.5) is 0 Å². The highest BCUT2D eigenvalue weighted by molar-refractivity contribution is 5.24. The number of hydrogen-bond donors (Lipinski definition) is 2. The van der Waals surface area contributed by atoms with Gasteiger partial charge in [-0.05, 0) is 6.07 Å². The van der Waals surface area contributed by atoms with E-state index in [4.69, 9.17) is 14.6 Å². The van der Waals surface area contributed by atoms with Crippen LogP contribution in [0.2, 0.25) is 0 Å². The van der Waals surface area contributed by atoms with Crippen LogP contribution in [0.25, 0.3) is 0 Å². The molecule has 1 aromatic rings. The summed E-state index contributed by atoms with van der Waals surface area (Å²) in [4.78, 5) is 0. The molecule has 0 atom stereocenters. The van der Waals surface area contributed by atoms with E-state index >= 15 is 0 Å². The van der Waals surface area contributed by atoms with Gasteiger partial charge in [-0.2, -0.15) is 0 Å². The number of rotatable bonds is 2. The topological polar surface area (TPSA) is 53.6 Å². The Hall–Kier alpha value is -0.800. The molecular weight excluding hydrogens is 168 g/mol. The van der Waals surface area contributed by atoms with Crippen molar-refractivity contribution in [3.05, 3.63) is 23.2 Å². The molecule has 2 N–H and O–H groups in total. The van der Waals surface area contributed by atoms with E-state index in [1.807, 2.05) is 20.8 Å². The minimum absolute atomic E-state index is 0.0860. The van der Waals surface area contributed by atoms with E-state index < -0.39 is 0 Å². The van der Waals surface area contributed by atoms with Gasteiger partial charge in [-0.1, -0.05) is 20.8 Å². The van der Waals surface area contributed by atoms with Gasteiger partial charge in [0.25, 0.3) is 0 Å². The van der Waals surface area contributed by atoms with Crippen molar-refractivity contribution < 1.29 is 14.6 Å². The lowest BCUT2D eigenvalue weighted by Crippen LogP contribution is -2.09. The average molecular weight is 184 g/mol. The average Bonchev–Trinajstić information content (AvgIpc) is 2.45. The molecular formula is C10H16O3. The first kappa shape index (κ1) is 10.3. The Morgan fingerprint density at radius 2 is 1.85 bits per heavy atom. The molecule has 74 valence electrons. The molecule has 0 unspecified atom stereocenters. The van der Waals surface area contributed by atoms with E-state index in [2.05, 4.69) is 0 Å². The van der Waals surface area contributed by atoms with Crippen molar-refractivity contribution in [2.45, 2.75) is 39.4 Å². The highest BCUT2D eigenvalue weighted by Crippen LogP contribution is 2.27. The molecule has 0 aliphatic heterocycles. The van der Waals surface area contributed by atoms with Crippen molar-refractivity contribution >= 4 is 0 Å². The minimum Gasteiger partial charge on any atom is -0.463 e. The van der Waals surface area contributed by atoms with Crippen molar-refractivity contribution in [1.82, 2.24) is 0 Å². The predicted molar refractivity (Wildman–Crippen MR) is 49.3 cm³/mol. The number of aliphatic hydroxyl groups excluding tert-OH is 2. The molecule has 0 aliphatic carbocycles. The van der Waals surface area contributed by atoms with Crippen LogP contribution in [-0.2, 0) is 18.6 Å². The molecule has 13 heavy (non-hydrogen) atoms. The molecule has 0 radical (unpaired) electrons. The van der Waals surface area contributed by atoms with Crippen molar-refractivity contribution in [3.8, 4) is 0 Å². The monoisotopic (exact) mass is 184 g/mol. The van der Waals surface area contributed by atoms with Gasteiger partial charge in [0.05, 0.1) is 6.61 Å². The number of hydrogen-bond acceptors (Lipinski definition) is 3. The van der Waals surface area contributed by atoms with Gasteiger partial charge in [0.2, 0.25) is 0 Å². The van der Waals surface area contributed by atoms with E-state index in [0.717, 1.165) is 5.76 Å². The van der Waals surface area contributed by atoms with E-state index in [0.29, 0.717) is 11.3 Å². The molecule has 0 amide bonds. The zero-order valence-corrected chi connectivity index (χ0v) is 8.29. The zero-order valence-electron chi connectivity index (χ0n) is 8.29. The second kappa shape index (κ2) is 3.52. The summed E-state index contributed by atoms with van der Waals surface area (Å²) < 4.78 is 5.41. The van der Waals surface area contributed by atoms with Crippen LogP contribution in [0.5, 0.6) is 0 Å². The van der Waals surface area contributed by atoms with Crippen LogP contribution in [0.3, 0.4) is 0 Å². The van der Waals surface area contributed by atoms with E-state index in [-0.39, 0.29) is 18.6 Å². The Labute approximate surface area is 78.0 Å². The smallest absolute Gasteiger partial charge is 0.135 e. The highest BCUT2D eigenvalue weighted by atomic mass is 16.4. The third-order valence-corrected chi connectivity index (χ3v) is 1.95. The first-order valence-electron chi connectivity index (χ1n) is 4.33. The van der Waals surface area contributed by atoms with Gasteiger partial charge >= 0.3 is 0 Å². The van der Waals surface area contributed by atoms with Gasteiger partial charge in [0.15, 0.2) is 0 Å². The number of aliphatic hydroxyl groups is 2. The second-order valence-electron chi connectivity index (χ2n) is 4.13. The fourth-order valence-corrected chi connectivity index (χ4v) is 1.10. The van der Waals surface area contributed by atoms with E-state index in [1.165, 1.54) is 0 Å². The molecule has 3 heteroatoms. The first-order chi connectivity index (χ1) is 5.99. The Morgan fingerprint density at radius 1 is 1.23 bits per heavy atom. The Kier molecular flexibility index (Phi) is 2.78. The van der Waals surface area contributed by atoms with E-state index in [9.17, 15) is 0 Å². The predicted octanol–water partition coefficient (Wildman–Crippen LogP) is 1.56. The molecule has 3 nitrogen and oxygen atoms in total. The fourth-order valence-electron chi connectivity index (χ4n) is 1.10. The molecule has 1 heterocycles.